The van der Waals surface area contributed by atoms with Crippen molar-refractivity contribution in [3.8, 4) is 11.6 Å². The fourth-order valence-electron chi connectivity index (χ4n) is 2.87. The molecule has 2 aromatic carbocycles. The Morgan fingerprint density at radius 2 is 1.73 bits per heavy atom. The van der Waals surface area contributed by atoms with Crippen LogP contribution in [-0.2, 0) is 11.3 Å². The zero-order valence-corrected chi connectivity index (χ0v) is 17.3. The van der Waals surface area contributed by atoms with Gasteiger partial charge in [0.15, 0.2) is 5.69 Å². The summed E-state index contributed by atoms with van der Waals surface area (Å²) in [5.41, 5.74) is 1.20. The lowest BCUT2D eigenvalue weighted by Gasteiger charge is -2.09. The van der Waals surface area contributed by atoms with Crippen LogP contribution in [-0.4, -0.2) is 50.6 Å². The number of nitrogens with zero attached hydrogens (tertiary/aromatic N) is 5. The number of benzene rings is 2. The fourth-order valence-corrected chi connectivity index (χ4v) is 3.61. The molecule has 0 bridgehead atoms. The van der Waals surface area contributed by atoms with Crippen molar-refractivity contribution in [3.05, 3.63) is 70.5 Å². The maximum Gasteiger partial charge on any atom is 0.277 e. The highest BCUT2D eigenvalue weighted by Crippen LogP contribution is 2.26. The van der Waals surface area contributed by atoms with Crippen molar-refractivity contribution >= 4 is 28.4 Å². The summed E-state index contributed by atoms with van der Waals surface area (Å²) in [6.07, 6.45) is 0. The van der Waals surface area contributed by atoms with Gasteiger partial charge >= 0.3 is 0 Å². The first-order valence-electron chi connectivity index (χ1n) is 9.23. The highest BCUT2D eigenvalue weighted by molar-refractivity contribution is 7.99. The van der Waals surface area contributed by atoms with Crippen molar-refractivity contribution < 1.29 is 9.21 Å². The molecule has 0 spiro atoms. The molecule has 0 atom stereocenters. The van der Waals surface area contributed by atoms with Crippen LogP contribution >= 0.6 is 11.8 Å². The van der Waals surface area contributed by atoms with Gasteiger partial charge in [-0.25, -0.2) is 4.68 Å². The summed E-state index contributed by atoms with van der Waals surface area (Å²) in [4.78, 5) is 26.2. The van der Waals surface area contributed by atoms with E-state index in [4.69, 9.17) is 4.42 Å². The predicted molar refractivity (Wildman–Crippen MR) is 114 cm³/mol. The molecule has 0 radical (unpaired) electrons. The smallest absolute Gasteiger partial charge is 0.277 e. The Morgan fingerprint density at radius 3 is 2.47 bits per heavy atom. The number of carbonyl (C=O) groups is 1. The van der Waals surface area contributed by atoms with Gasteiger partial charge in [0.1, 0.15) is 0 Å². The molecule has 152 valence electrons. The lowest BCUT2D eigenvalue weighted by molar-refractivity contribution is -0.125. The molecular formula is C21H19N5O3S. The van der Waals surface area contributed by atoms with Gasteiger partial charge in [0.25, 0.3) is 16.7 Å². The second kappa shape index (κ2) is 8.50. The van der Waals surface area contributed by atoms with Gasteiger partial charge in [-0.15, -0.1) is 10.2 Å². The Morgan fingerprint density at radius 1 is 1.03 bits per heavy atom. The van der Waals surface area contributed by atoms with Gasteiger partial charge in [0.05, 0.1) is 17.7 Å². The summed E-state index contributed by atoms with van der Waals surface area (Å²) < 4.78 is 7.15. The van der Waals surface area contributed by atoms with Gasteiger partial charge in [0.2, 0.25) is 5.91 Å². The number of rotatable bonds is 6. The van der Waals surface area contributed by atoms with Gasteiger partial charge in [0, 0.05) is 19.5 Å². The maximum atomic E-state index is 13.0. The van der Waals surface area contributed by atoms with E-state index in [-0.39, 0.29) is 28.3 Å². The average molecular weight is 421 g/mol. The van der Waals surface area contributed by atoms with E-state index in [0.29, 0.717) is 23.0 Å². The molecule has 0 aliphatic carbocycles. The molecule has 4 rings (SSSR count). The Labute approximate surface area is 176 Å². The molecule has 4 aromatic rings. The van der Waals surface area contributed by atoms with E-state index < -0.39 is 0 Å². The lowest BCUT2D eigenvalue weighted by atomic mass is 10.1. The number of hydrogen-bond acceptors (Lipinski definition) is 7. The molecule has 0 N–H and O–H groups in total. The first-order chi connectivity index (χ1) is 14.5. The van der Waals surface area contributed by atoms with Crippen LogP contribution in [0.3, 0.4) is 0 Å². The standard InChI is InChI=1S/C21H19N5O3S/c1-25(2)17(27)13-30-21-23-22-19(29-21)18-15-10-6-7-11-16(15)20(28)26(24-18)12-14-8-4-3-5-9-14/h3-11H,12-13H2,1-2H3. The molecule has 9 heteroatoms. The first kappa shape index (κ1) is 19.8. The number of hydrogen-bond donors (Lipinski definition) is 0. The van der Waals surface area contributed by atoms with Crippen LogP contribution in [0, 0.1) is 0 Å². The average Bonchev–Trinajstić information content (AvgIpc) is 3.23. The summed E-state index contributed by atoms with van der Waals surface area (Å²) in [5, 5.41) is 14.1. The molecule has 2 aromatic heterocycles. The van der Waals surface area contributed by atoms with Crippen LogP contribution < -0.4 is 5.56 Å². The summed E-state index contributed by atoms with van der Waals surface area (Å²) in [5.74, 6) is 0.337. The SMILES string of the molecule is CN(C)C(=O)CSc1nnc(-c2nn(Cc3ccccc3)c(=O)c3ccccc23)o1. The Hall–Kier alpha value is -3.46. The van der Waals surface area contributed by atoms with E-state index >= 15 is 0 Å². The van der Waals surface area contributed by atoms with E-state index in [2.05, 4.69) is 15.3 Å². The Balaban J connectivity index is 1.73. The van der Waals surface area contributed by atoms with Gasteiger partial charge in [-0.2, -0.15) is 5.10 Å². The highest BCUT2D eigenvalue weighted by Gasteiger charge is 2.18. The number of amides is 1. The van der Waals surface area contributed by atoms with Crippen LogP contribution in [0.1, 0.15) is 5.56 Å². The third-order valence-corrected chi connectivity index (χ3v) is 5.27. The first-order valence-corrected chi connectivity index (χ1v) is 10.2. The Bertz CT molecular complexity index is 1250. The number of carbonyl (C=O) groups excluding carboxylic acids is 1. The third kappa shape index (κ3) is 4.11. The van der Waals surface area contributed by atoms with Gasteiger partial charge in [-0.1, -0.05) is 60.3 Å². The summed E-state index contributed by atoms with van der Waals surface area (Å²) in [6.45, 7) is 0.324. The topological polar surface area (TPSA) is 94.1 Å². The van der Waals surface area contributed by atoms with Crippen LogP contribution in [0.15, 0.2) is 69.0 Å². The largest absolute Gasteiger partial charge is 0.409 e. The number of aromatic nitrogens is 4. The summed E-state index contributed by atoms with van der Waals surface area (Å²) in [7, 11) is 3.38. The van der Waals surface area contributed by atoms with E-state index in [9.17, 15) is 9.59 Å². The normalized spacial score (nSPS) is 11.0. The van der Waals surface area contributed by atoms with Crippen LogP contribution in [0.25, 0.3) is 22.4 Å². The fraction of sp³-hybridized carbons (Fsp3) is 0.190. The molecule has 0 unspecified atom stereocenters. The van der Waals surface area contributed by atoms with E-state index in [0.717, 1.165) is 17.3 Å². The van der Waals surface area contributed by atoms with Crippen molar-refractivity contribution in [2.24, 2.45) is 0 Å². The molecule has 30 heavy (non-hydrogen) atoms. The van der Waals surface area contributed by atoms with Crippen molar-refractivity contribution in [3.63, 3.8) is 0 Å². The van der Waals surface area contributed by atoms with Gasteiger partial charge in [-0.3, -0.25) is 9.59 Å². The molecule has 8 nitrogen and oxygen atoms in total. The van der Waals surface area contributed by atoms with Crippen LogP contribution in [0.4, 0.5) is 0 Å². The van der Waals surface area contributed by atoms with Crippen molar-refractivity contribution in [2.75, 3.05) is 19.8 Å². The predicted octanol–water partition coefficient (Wildman–Crippen LogP) is 2.68. The second-order valence-electron chi connectivity index (χ2n) is 6.79. The van der Waals surface area contributed by atoms with E-state index in [1.165, 1.54) is 9.58 Å². The molecule has 0 saturated heterocycles. The second-order valence-corrected chi connectivity index (χ2v) is 7.72. The van der Waals surface area contributed by atoms with Crippen molar-refractivity contribution in [1.82, 2.24) is 24.9 Å². The quantitative estimate of drug-likeness (QED) is 0.442. The van der Waals surface area contributed by atoms with Gasteiger partial charge in [-0.05, 0) is 11.6 Å². The zero-order valence-electron chi connectivity index (χ0n) is 16.5. The molecule has 2 heterocycles. The minimum absolute atomic E-state index is 0.0558. The molecule has 1 amide bonds. The van der Waals surface area contributed by atoms with Gasteiger partial charge < -0.3 is 9.32 Å². The lowest BCUT2D eigenvalue weighted by Crippen LogP contribution is -2.24. The van der Waals surface area contributed by atoms with Crippen molar-refractivity contribution in [2.45, 2.75) is 11.8 Å². The monoisotopic (exact) mass is 421 g/mol. The number of fused-ring (bicyclic) bond motifs is 1. The van der Waals surface area contributed by atoms with E-state index in [1.807, 2.05) is 42.5 Å². The van der Waals surface area contributed by atoms with Crippen LogP contribution in [0.5, 0.6) is 0 Å². The minimum atomic E-state index is -0.191. The van der Waals surface area contributed by atoms with Crippen LogP contribution in [0.2, 0.25) is 0 Å². The molecule has 0 aliphatic rings. The summed E-state index contributed by atoms with van der Waals surface area (Å²) in [6, 6.07) is 16.8. The Kier molecular flexibility index (Phi) is 5.62. The minimum Gasteiger partial charge on any atom is -0.409 e. The number of thioether (sulfide) groups is 1. The molecule has 0 fully saturated rings. The maximum absolute atomic E-state index is 13.0. The third-order valence-electron chi connectivity index (χ3n) is 4.47. The molecule has 0 aliphatic heterocycles. The molecular weight excluding hydrogens is 402 g/mol. The zero-order chi connectivity index (χ0) is 21.1. The van der Waals surface area contributed by atoms with E-state index in [1.54, 1.807) is 26.2 Å². The molecule has 0 saturated carbocycles. The highest BCUT2D eigenvalue weighted by atomic mass is 32.2. The summed E-state index contributed by atoms with van der Waals surface area (Å²) >= 11 is 1.16. The van der Waals surface area contributed by atoms with Crippen molar-refractivity contribution in [1.29, 1.82) is 0 Å².